The van der Waals surface area contributed by atoms with Gasteiger partial charge >= 0.3 is 0 Å². The quantitative estimate of drug-likeness (QED) is 0.506. The van der Waals surface area contributed by atoms with Gasteiger partial charge < -0.3 is 9.72 Å². The summed E-state index contributed by atoms with van der Waals surface area (Å²) in [7, 11) is 0. The summed E-state index contributed by atoms with van der Waals surface area (Å²) in [5.74, 6) is -0.0187. The lowest BCUT2D eigenvalue weighted by molar-refractivity contribution is 0.300. The van der Waals surface area contributed by atoms with Gasteiger partial charge in [-0.25, -0.2) is 9.37 Å². The van der Waals surface area contributed by atoms with E-state index in [1.165, 1.54) is 23.9 Å². The maximum Gasteiger partial charge on any atom is 0.270 e. The molecule has 0 aliphatic carbocycles. The van der Waals surface area contributed by atoms with Crippen molar-refractivity contribution in [1.29, 1.82) is 5.26 Å². The van der Waals surface area contributed by atoms with Crippen molar-refractivity contribution in [3.8, 4) is 23.1 Å². The second kappa shape index (κ2) is 8.25. The first-order valence-electron chi connectivity index (χ1n) is 7.78. The van der Waals surface area contributed by atoms with Gasteiger partial charge in [0.1, 0.15) is 29.8 Å². The SMILES string of the molecule is CSc1nc(-c2cccc(OCc3c(F)cccc3Cl)c2)c(C#N)c(=O)[nH]1. The van der Waals surface area contributed by atoms with E-state index in [1.807, 2.05) is 6.07 Å². The topological polar surface area (TPSA) is 78.8 Å². The first kappa shape index (κ1) is 19.0. The molecule has 27 heavy (non-hydrogen) atoms. The third-order valence-corrected chi connectivity index (χ3v) is 4.69. The second-order valence-corrected chi connectivity index (χ2v) is 6.63. The second-order valence-electron chi connectivity index (χ2n) is 5.43. The van der Waals surface area contributed by atoms with Crippen LogP contribution in [-0.4, -0.2) is 16.2 Å². The van der Waals surface area contributed by atoms with E-state index in [0.29, 0.717) is 16.5 Å². The van der Waals surface area contributed by atoms with Gasteiger partial charge in [-0.05, 0) is 30.5 Å². The molecule has 0 saturated carbocycles. The average molecular weight is 402 g/mol. The third kappa shape index (κ3) is 4.13. The molecule has 2 aromatic carbocycles. The highest BCUT2D eigenvalue weighted by Crippen LogP contribution is 2.27. The molecule has 0 radical (unpaired) electrons. The minimum atomic E-state index is -0.503. The Morgan fingerprint density at radius 1 is 1.33 bits per heavy atom. The molecule has 0 spiro atoms. The van der Waals surface area contributed by atoms with E-state index < -0.39 is 11.4 Å². The van der Waals surface area contributed by atoms with Crippen molar-refractivity contribution in [1.82, 2.24) is 9.97 Å². The number of aromatic amines is 1. The molecule has 136 valence electrons. The number of rotatable bonds is 5. The summed E-state index contributed by atoms with van der Waals surface area (Å²) in [6.45, 7) is -0.0566. The van der Waals surface area contributed by atoms with E-state index in [4.69, 9.17) is 16.3 Å². The Kier molecular flexibility index (Phi) is 5.79. The molecule has 3 aromatic rings. The summed E-state index contributed by atoms with van der Waals surface area (Å²) in [6, 6.07) is 13.1. The Morgan fingerprint density at radius 2 is 2.11 bits per heavy atom. The Hall–Kier alpha value is -2.82. The predicted molar refractivity (Wildman–Crippen MR) is 103 cm³/mol. The largest absolute Gasteiger partial charge is 0.489 e. The molecule has 8 heteroatoms. The monoisotopic (exact) mass is 401 g/mol. The number of nitrogens with zero attached hydrogens (tertiary/aromatic N) is 2. The molecule has 3 rings (SSSR count). The van der Waals surface area contributed by atoms with E-state index in [-0.39, 0.29) is 28.5 Å². The molecular formula is C19H13ClFN3O2S. The number of hydrogen-bond donors (Lipinski definition) is 1. The van der Waals surface area contributed by atoms with Gasteiger partial charge in [0.15, 0.2) is 5.16 Å². The number of aromatic nitrogens is 2. The summed E-state index contributed by atoms with van der Waals surface area (Å²) >= 11 is 7.27. The van der Waals surface area contributed by atoms with Crippen LogP contribution in [0.2, 0.25) is 5.02 Å². The Bertz CT molecular complexity index is 1070. The van der Waals surface area contributed by atoms with Gasteiger partial charge in [0, 0.05) is 11.1 Å². The molecule has 1 N–H and O–H groups in total. The Morgan fingerprint density at radius 3 is 2.81 bits per heavy atom. The predicted octanol–water partition coefficient (Wildman–Crippen LogP) is 4.40. The summed E-state index contributed by atoms with van der Waals surface area (Å²) in [6.07, 6.45) is 1.77. The van der Waals surface area contributed by atoms with Crippen LogP contribution in [0, 0.1) is 17.1 Å². The summed E-state index contributed by atoms with van der Waals surface area (Å²) in [5, 5.41) is 9.98. The Labute approximate surface area is 163 Å². The molecule has 0 saturated heterocycles. The number of nitrogens with one attached hydrogen (secondary N) is 1. The fourth-order valence-electron chi connectivity index (χ4n) is 2.42. The lowest BCUT2D eigenvalue weighted by Crippen LogP contribution is -2.14. The lowest BCUT2D eigenvalue weighted by atomic mass is 10.1. The van der Waals surface area contributed by atoms with Crippen molar-refractivity contribution < 1.29 is 9.13 Å². The number of halogens is 2. The zero-order valence-corrected chi connectivity index (χ0v) is 15.7. The van der Waals surface area contributed by atoms with Gasteiger partial charge in [-0.1, -0.05) is 41.6 Å². The van der Waals surface area contributed by atoms with Gasteiger partial charge in [0.2, 0.25) is 0 Å². The fraction of sp³-hybridized carbons (Fsp3) is 0.105. The van der Waals surface area contributed by atoms with E-state index >= 15 is 0 Å². The first-order valence-corrected chi connectivity index (χ1v) is 9.38. The molecule has 0 bridgehead atoms. The number of nitriles is 1. The Balaban J connectivity index is 1.94. The van der Waals surface area contributed by atoms with Gasteiger partial charge in [-0.3, -0.25) is 4.79 Å². The first-order chi connectivity index (χ1) is 13.0. The highest BCUT2D eigenvalue weighted by atomic mass is 35.5. The van der Waals surface area contributed by atoms with Crippen LogP contribution in [0.15, 0.2) is 52.4 Å². The van der Waals surface area contributed by atoms with E-state index in [0.717, 1.165) is 0 Å². The maximum absolute atomic E-state index is 13.9. The van der Waals surface area contributed by atoms with Crippen LogP contribution in [0.1, 0.15) is 11.1 Å². The zero-order valence-electron chi connectivity index (χ0n) is 14.1. The van der Waals surface area contributed by atoms with E-state index in [9.17, 15) is 14.4 Å². The lowest BCUT2D eigenvalue weighted by Gasteiger charge is -2.10. The highest BCUT2D eigenvalue weighted by Gasteiger charge is 2.14. The third-order valence-electron chi connectivity index (χ3n) is 3.76. The van der Waals surface area contributed by atoms with E-state index in [1.54, 1.807) is 36.6 Å². The minimum Gasteiger partial charge on any atom is -0.489 e. The van der Waals surface area contributed by atoms with Crippen LogP contribution in [0.4, 0.5) is 4.39 Å². The summed E-state index contributed by atoms with van der Waals surface area (Å²) < 4.78 is 19.5. The number of benzene rings is 2. The van der Waals surface area contributed by atoms with E-state index in [2.05, 4.69) is 9.97 Å². The molecule has 1 aromatic heterocycles. The van der Waals surface area contributed by atoms with Crippen molar-refractivity contribution in [2.75, 3.05) is 6.26 Å². The van der Waals surface area contributed by atoms with Gasteiger partial charge in [-0.15, -0.1) is 0 Å². The molecule has 0 fully saturated rings. The number of hydrogen-bond acceptors (Lipinski definition) is 5. The van der Waals surface area contributed by atoms with Crippen LogP contribution in [0.3, 0.4) is 0 Å². The van der Waals surface area contributed by atoms with Gasteiger partial charge in [-0.2, -0.15) is 5.26 Å². The number of H-pyrrole nitrogens is 1. The van der Waals surface area contributed by atoms with Crippen LogP contribution < -0.4 is 10.3 Å². The normalized spacial score (nSPS) is 10.4. The molecule has 0 aliphatic rings. The van der Waals surface area contributed by atoms with Crippen LogP contribution in [-0.2, 0) is 6.61 Å². The zero-order chi connectivity index (χ0) is 19.4. The van der Waals surface area contributed by atoms with Crippen molar-refractivity contribution in [2.45, 2.75) is 11.8 Å². The molecule has 5 nitrogen and oxygen atoms in total. The maximum atomic E-state index is 13.9. The van der Waals surface area contributed by atoms with Crippen LogP contribution in [0.5, 0.6) is 5.75 Å². The number of ether oxygens (including phenoxy) is 1. The van der Waals surface area contributed by atoms with Crippen LogP contribution >= 0.6 is 23.4 Å². The molecular weight excluding hydrogens is 389 g/mol. The smallest absolute Gasteiger partial charge is 0.270 e. The van der Waals surface area contributed by atoms with Crippen molar-refractivity contribution >= 4 is 23.4 Å². The highest BCUT2D eigenvalue weighted by molar-refractivity contribution is 7.98. The molecule has 1 heterocycles. The van der Waals surface area contributed by atoms with Crippen LogP contribution in [0.25, 0.3) is 11.3 Å². The van der Waals surface area contributed by atoms with Crippen molar-refractivity contribution in [3.05, 3.63) is 74.8 Å². The average Bonchev–Trinajstić information content (AvgIpc) is 2.67. The van der Waals surface area contributed by atoms with Gasteiger partial charge in [0.25, 0.3) is 5.56 Å². The summed E-state index contributed by atoms with van der Waals surface area (Å²) in [5.41, 5.74) is 0.477. The van der Waals surface area contributed by atoms with Crippen molar-refractivity contribution in [2.24, 2.45) is 0 Å². The number of thioether (sulfide) groups is 1. The minimum absolute atomic E-state index is 0.0566. The van der Waals surface area contributed by atoms with Crippen molar-refractivity contribution in [3.63, 3.8) is 0 Å². The molecule has 0 aliphatic heterocycles. The molecule has 0 unspecified atom stereocenters. The standard InChI is InChI=1S/C19H13ClFN3O2S/c1-27-19-23-17(13(9-22)18(25)24-19)11-4-2-5-12(8-11)26-10-14-15(20)6-3-7-16(14)21/h2-8H,10H2,1H3,(H,23,24,25). The summed E-state index contributed by atoms with van der Waals surface area (Å²) in [4.78, 5) is 19.0. The fourth-order valence-corrected chi connectivity index (χ4v) is 3.02. The van der Waals surface area contributed by atoms with Gasteiger partial charge in [0.05, 0.1) is 10.7 Å². The molecule has 0 atom stereocenters. The molecule has 0 amide bonds.